The molecule has 0 saturated heterocycles. The summed E-state index contributed by atoms with van der Waals surface area (Å²) in [6.07, 6.45) is 3.79. The molecule has 3 N–H and O–H groups in total. The number of hydrogen-bond acceptors (Lipinski definition) is 3. The molecule has 1 unspecified atom stereocenters. The third kappa shape index (κ3) is 2.09. The molecule has 1 aliphatic carbocycles. The molecule has 2 aromatic rings. The van der Waals surface area contributed by atoms with Gasteiger partial charge in [0.25, 0.3) is 0 Å². The van der Waals surface area contributed by atoms with Crippen LogP contribution in [0.25, 0.3) is 0 Å². The minimum Gasteiger partial charge on any atom is -0.271 e. The molecular weight excluding hydrogens is 240 g/mol. The van der Waals surface area contributed by atoms with Gasteiger partial charge in [-0.2, -0.15) is 0 Å². The van der Waals surface area contributed by atoms with E-state index in [9.17, 15) is 0 Å². The smallest absolute Gasteiger partial charge is 0.0802 e. The Morgan fingerprint density at radius 3 is 2.67 bits per heavy atom. The van der Waals surface area contributed by atoms with Gasteiger partial charge >= 0.3 is 0 Å². The SMILES string of the molecule is Cc1ccc(C(NN)c2cc3c(s2)CCC3)cc1. The minimum absolute atomic E-state index is 0.126. The fraction of sp³-hybridized carbons (Fsp3) is 0.333. The van der Waals surface area contributed by atoms with E-state index in [2.05, 4.69) is 42.7 Å². The van der Waals surface area contributed by atoms with Crippen LogP contribution in [0.1, 0.15) is 38.9 Å². The fourth-order valence-corrected chi connectivity index (χ4v) is 3.94. The van der Waals surface area contributed by atoms with E-state index in [4.69, 9.17) is 5.84 Å². The van der Waals surface area contributed by atoms with Crippen molar-refractivity contribution in [1.82, 2.24) is 5.43 Å². The van der Waals surface area contributed by atoms with Crippen LogP contribution in [-0.4, -0.2) is 0 Å². The molecule has 1 heterocycles. The second-order valence-electron chi connectivity index (χ2n) is 4.96. The average molecular weight is 258 g/mol. The third-order valence-corrected chi connectivity index (χ3v) is 4.93. The number of nitrogens with two attached hydrogens (primary N) is 1. The highest BCUT2D eigenvalue weighted by molar-refractivity contribution is 7.12. The first kappa shape index (κ1) is 11.9. The highest BCUT2D eigenvalue weighted by Crippen LogP contribution is 2.35. The van der Waals surface area contributed by atoms with Crippen LogP contribution in [0, 0.1) is 6.92 Å². The summed E-state index contributed by atoms with van der Waals surface area (Å²) in [5, 5.41) is 0. The normalized spacial score (nSPS) is 15.7. The molecule has 0 amide bonds. The number of rotatable bonds is 3. The summed E-state index contributed by atoms with van der Waals surface area (Å²) >= 11 is 1.91. The molecule has 1 aromatic heterocycles. The van der Waals surface area contributed by atoms with Crippen molar-refractivity contribution in [3.63, 3.8) is 0 Å². The van der Waals surface area contributed by atoms with E-state index in [1.807, 2.05) is 11.3 Å². The fourth-order valence-electron chi connectivity index (χ4n) is 2.60. The topological polar surface area (TPSA) is 38.0 Å². The molecular formula is C15H18N2S. The molecule has 94 valence electrons. The van der Waals surface area contributed by atoms with Crippen LogP contribution in [0.3, 0.4) is 0 Å². The van der Waals surface area contributed by atoms with Gasteiger partial charge in [-0.3, -0.25) is 5.84 Å². The largest absolute Gasteiger partial charge is 0.271 e. The lowest BCUT2D eigenvalue weighted by Gasteiger charge is -2.15. The van der Waals surface area contributed by atoms with Gasteiger partial charge in [0.1, 0.15) is 0 Å². The molecule has 1 aromatic carbocycles. The second-order valence-corrected chi connectivity index (χ2v) is 6.13. The van der Waals surface area contributed by atoms with Crippen LogP contribution in [0.5, 0.6) is 0 Å². The Morgan fingerprint density at radius 1 is 1.22 bits per heavy atom. The predicted molar refractivity (Wildman–Crippen MR) is 76.7 cm³/mol. The number of hydrogen-bond donors (Lipinski definition) is 2. The molecule has 0 aliphatic heterocycles. The summed E-state index contributed by atoms with van der Waals surface area (Å²) in [6.45, 7) is 2.11. The molecule has 0 bridgehead atoms. The highest BCUT2D eigenvalue weighted by Gasteiger charge is 2.20. The molecule has 1 aliphatic rings. The van der Waals surface area contributed by atoms with E-state index in [1.165, 1.54) is 40.8 Å². The van der Waals surface area contributed by atoms with Crippen molar-refractivity contribution in [2.75, 3.05) is 0 Å². The molecule has 18 heavy (non-hydrogen) atoms. The Bertz CT molecular complexity index is 521. The average Bonchev–Trinajstić information content (AvgIpc) is 2.93. The maximum Gasteiger partial charge on any atom is 0.0802 e. The lowest BCUT2D eigenvalue weighted by molar-refractivity contribution is 0.646. The number of hydrazine groups is 1. The standard InChI is InChI=1S/C15H18N2S/c1-10-5-7-11(8-6-10)15(17-16)14-9-12-3-2-4-13(12)18-14/h5-9,15,17H,2-4,16H2,1H3. The monoisotopic (exact) mass is 258 g/mol. The van der Waals surface area contributed by atoms with Gasteiger partial charge in [0.05, 0.1) is 6.04 Å². The summed E-state index contributed by atoms with van der Waals surface area (Å²) in [4.78, 5) is 2.89. The van der Waals surface area contributed by atoms with Crippen molar-refractivity contribution in [2.45, 2.75) is 32.2 Å². The molecule has 3 heteroatoms. The molecule has 3 rings (SSSR count). The zero-order chi connectivity index (χ0) is 12.5. The van der Waals surface area contributed by atoms with Crippen molar-refractivity contribution in [3.8, 4) is 0 Å². The van der Waals surface area contributed by atoms with Gasteiger partial charge in [-0.15, -0.1) is 11.3 Å². The van der Waals surface area contributed by atoms with Gasteiger partial charge in [-0.05, 0) is 43.4 Å². The van der Waals surface area contributed by atoms with Crippen molar-refractivity contribution < 1.29 is 0 Å². The summed E-state index contributed by atoms with van der Waals surface area (Å²) in [5.41, 5.74) is 7.00. The van der Waals surface area contributed by atoms with Crippen LogP contribution < -0.4 is 11.3 Å². The van der Waals surface area contributed by atoms with Gasteiger partial charge in [0.2, 0.25) is 0 Å². The van der Waals surface area contributed by atoms with Crippen molar-refractivity contribution in [1.29, 1.82) is 0 Å². The van der Waals surface area contributed by atoms with Gasteiger partial charge < -0.3 is 0 Å². The van der Waals surface area contributed by atoms with Crippen LogP contribution in [0.15, 0.2) is 30.3 Å². The van der Waals surface area contributed by atoms with E-state index in [-0.39, 0.29) is 6.04 Å². The summed E-state index contributed by atoms with van der Waals surface area (Å²) in [7, 11) is 0. The Labute approximate surface area is 112 Å². The first-order chi connectivity index (χ1) is 8.78. The molecule has 0 spiro atoms. The molecule has 1 atom stereocenters. The number of nitrogens with one attached hydrogen (secondary N) is 1. The second kappa shape index (κ2) is 4.84. The first-order valence-corrected chi connectivity index (χ1v) is 7.24. The Hall–Kier alpha value is -1.16. The lowest BCUT2D eigenvalue weighted by atomic mass is 10.0. The lowest BCUT2D eigenvalue weighted by Crippen LogP contribution is -2.28. The maximum atomic E-state index is 5.75. The predicted octanol–water partition coefficient (Wildman–Crippen LogP) is 3.10. The van der Waals surface area contributed by atoms with Crippen LogP contribution >= 0.6 is 11.3 Å². The summed E-state index contributed by atoms with van der Waals surface area (Å²) in [5.74, 6) is 5.75. The molecule has 0 radical (unpaired) electrons. The maximum absolute atomic E-state index is 5.75. The van der Waals surface area contributed by atoms with Gasteiger partial charge in [-0.1, -0.05) is 29.8 Å². The Morgan fingerprint density at radius 2 is 2.00 bits per heavy atom. The van der Waals surface area contributed by atoms with E-state index in [0.29, 0.717) is 0 Å². The zero-order valence-corrected chi connectivity index (χ0v) is 11.4. The van der Waals surface area contributed by atoms with Gasteiger partial charge in [0, 0.05) is 9.75 Å². The number of thiophene rings is 1. The zero-order valence-electron chi connectivity index (χ0n) is 10.6. The highest BCUT2D eigenvalue weighted by atomic mass is 32.1. The van der Waals surface area contributed by atoms with Crippen molar-refractivity contribution in [2.24, 2.45) is 5.84 Å². The van der Waals surface area contributed by atoms with Gasteiger partial charge in [-0.25, -0.2) is 5.43 Å². The number of benzene rings is 1. The molecule has 2 nitrogen and oxygen atoms in total. The van der Waals surface area contributed by atoms with Crippen LogP contribution in [0.2, 0.25) is 0 Å². The van der Waals surface area contributed by atoms with Crippen molar-refractivity contribution >= 4 is 11.3 Å². The van der Waals surface area contributed by atoms with Crippen LogP contribution in [0.4, 0.5) is 0 Å². The Kier molecular flexibility index (Phi) is 3.20. The first-order valence-electron chi connectivity index (χ1n) is 6.42. The molecule has 0 saturated carbocycles. The van der Waals surface area contributed by atoms with Crippen LogP contribution in [-0.2, 0) is 12.8 Å². The summed E-state index contributed by atoms with van der Waals surface area (Å²) in [6, 6.07) is 11.1. The summed E-state index contributed by atoms with van der Waals surface area (Å²) < 4.78 is 0. The number of fused-ring (bicyclic) bond motifs is 1. The van der Waals surface area contributed by atoms with Crippen molar-refractivity contribution in [3.05, 3.63) is 56.8 Å². The van der Waals surface area contributed by atoms with E-state index >= 15 is 0 Å². The van der Waals surface area contributed by atoms with E-state index in [0.717, 1.165) is 0 Å². The quantitative estimate of drug-likeness (QED) is 0.656. The Balaban J connectivity index is 1.93. The molecule has 0 fully saturated rings. The van der Waals surface area contributed by atoms with E-state index in [1.54, 1.807) is 4.88 Å². The third-order valence-electron chi connectivity index (χ3n) is 3.63. The number of aryl methyl sites for hydroxylation is 3. The van der Waals surface area contributed by atoms with E-state index < -0.39 is 0 Å². The van der Waals surface area contributed by atoms with Gasteiger partial charge in [0.15, 0.2) is 0 Å². The minimum atomic E-state index is 0.126.